The van der Waals surface area contributed by atoms with Crippen LogP contribution in [0, 0.1) is 0 Å². The molecule has 8 aromatic rings. The third-order valence-electron chi connectivity index (χ3n) is 9.37. The first-order valence-corrected chi connectivity index (χ1v) is 16.7. The number of aryl methyl sites for hydroxylation is 1. The molecule has 2 heterocycles. The zero-order valence-electron chi connectivity index (χ0n) is 26.9. The van der Waals surface area contributed by atoms with Crippen molar-refractivity contribution in [3.05, 3.63) is 175 Å². The second-order valence-corrected chi connectivity index (χ2v) is 12.5. The van der Waals surface area contributed by atoms with Gasteiger partial charge in [-0.25, -0.2) is 15.0 Å². The normalized spacial score (nSPS) is 12.2. The number of allylic oxidation sites excluding steroid dienone is 1. The number of rotatable bonds is 6. The van der Waals surface area contributed by atoms with Gasteiger partial charge in [0.15, 0.2) is 5.82 Å². The summed E-state index contributed by atoms with van der Waals surface area (Å²) in [5.41, 5.74) is 13.2. The highest BCUT2D eigenvalue weighted by Gasteiger charge is 2.13. The predicted molar refractivity (Wildman–Crippen MR) is 201 cm³/mol. The van der Waals surface area contributed by atoms with Crippen molar-refractivity contribution in [2.45, 2.75) is 12.8 Å². The molecule has 0 aliphatic heterocycles. The highest BCUT2D eigenvalue weighted by atomic mass is 15.1. The van der Waals surface area contributed by atoms with E-state index in [1.165, 1.54) is 44.4 Å². The van der Waals surface area contributed by atoms with E-state index in [2.05, 4.69) is 137 Å². The molecule has 0 fully saturated rings. The molecule has 4 heteroatoms. The van der Waals surface area contributed by atoms with E-state index in [9.17, 15) is 0 Å². The number of hydrogen-bond acceptors (Lipinski definition) is 3. The van der Waals surface area contributed by atoms with Gasteiger partial charge >= 0.3 is 0 Å². The lowest BCUT2D eigenvalue weighted by Crippen LogP contribution is -1.99. The Kier molecular flexibility index (Phi) is 7.25. The van der Waals surface area contributed by atoms with Crippen LogP contribution < -0.4 is 0 Å². The van der Waals surface area contributed by atoms with Gasteiger partial charge in [0.1, 0.15) is 0 Å². The zero-order chi connectivity index (χ0) is 32.6. The summed E-state index contributed by atoms with van der Waals surface area (Å²) in [5.74, 6) is 0.721. The molecule has 6 aromatic carbocycles. The van der Waals surface area contributed by atoms with Crippen molar-refractivity contribution in [2.75, 3.05) is 0 Å². The third kappa shape index (κ3) is 5.64. The van der Waals surface area contributed by atoms with Gasteiger partial charge in [0.25, 0.3) is 0 Å². The van der Waals surface area contributed by atoms with Crippen molar-refractivity contribution in [3.63, 3.8) is 0 Å². The zero-order valence-corrected chi connectivity index (χ0v) is 26.9. The summed E-state index contributed by atoms with van der Waals surface area (Å²) >= 11 is 0. The third-order valence-corrected chi connectivity index (χ3v) is 9.37. The summed E-state index contributed by atoms with van der Waals surface area (Å²) in [5, 5.41) is 2.44. The summed E-state index contributed by atoms with van der Waals surface area (Å²) in [6.07, 6.45) is 8.43. The first-order valence-electron chi connectivity index (χ1n) is 16.7. The maximum absolute atomic E-state index is 5.00. The number of fused-ring (bicyclic) bond motifs is 2. The highest BCUT2D eigenvalue weighted by Crippen LogP contribution is 2.32. The van der Waals surface area contributed by atoms with Gasteiger partial charge in [0, 0.05) is 22.4 Å². The molecule has 0 amide bonds. The smallest absolute Gasteiger partial charge is 0.160 e. The quantitative estimate of drug-likeness (QED) is 0.184. The van der Waals surface area contributed by atoms with Crippen LogP contribution in [0.3, 0.4) is 0 Å². The Morgan fingerprint density at radius 2 is 1.02 bits per heavy atom. The Labute approximate surface area is 285 Å². The van der Waals surface area contributed by atoms with Crippen molar-refractivity contribution >= 4 is 16.8 Å². The molecular weight excluding hydrogens is 597 g/mol. The molecule has 4 nitrogen and oxygen atoms in total. The highest BCUT2D eigenvalue weighted by molar-refractivity contribution is 5.91. The van der Waals surface area contributed by atoms with Crippen LogP contribution in [-0.2, 0) is 6.42 Å². The van der Waals surface area contributed by atoms with Gasteiger partial charge in [0.05, 0.1) is 29.1 Å². The maximum Gasteiger partial charge on any atom is 0.160 e. The van der Waals surface area contributed by atoms with Crippen LogP contribution in [0.25, 0.3) is 78.7 Å². The fraction of sp³-hybridized carbons (Fsp3) is 0.0444. The molecule has 0 spiro atoms. The first kappa shape index (κ1) is 28.8. The lowest BCUT2D eigenvalue weighted by Gasteiger charge is -2.11. The van der Waals surface area contributed by atoms with Gasteiger partial charge in [-0.05, 0) is 82.3 Å². The van der Waals surface area contributed by atoms with E-state index in [0.29, 0.717) is 0 Å². The molecule has 0 saturated carbocycles. The Morgan fingerprint density at radius 3 is 1.67 bits per heavy atom. The fourth-order valence-electron chi connectivity index (χ4n) is 6.71. The lowest BCUT2D eigenvalue weighted by molar-refractivity contribution is 0.936. The van der Waals surface area contributed by atoms with E-state index in [1.54, 1.807) is 0 Å². The summed E-state index contributed by atoms with van der Waals surface area (Å²) in [6.45, 7) is 0. The summed E-state index contributed by atoms with van der Waals surface area (Å²) in [4.78, 5) is 14.6. The van der Waals surface area contributed by atoms with Crippen LogP contribution >= 0.6 is 0 Å². The number of nitrogens with zero attached hydrogens (tertiary/aromatic N) is 4. The van der Waals surface area contributed by atoms with E-state index in [1.807, 2.05) is 42.7 Å². The molecule has 0 unspecified atom stereocenters. The fourth-order valence-corrected chi connectivity index (χ4v) is 6.71. The monoisotopic (exact) mass is 628 g/mol. The van der Waals surface area contributed by atoms with Crippen LogP contribution in [-0.4, -0.2) is 19.5 Å². The number of benzene rings is 6. The van der Waals surface area contributed by atoms with Crippen molar-refractivity contribution in [2.24, 2.45) is 0 Å². The molecule has 2 aromatic heterocycles. The van der Waals surface area contributed by atoms with Crippen LogP contribution in [0.5, 0.6) is 0 Å². The standard InChI is InChI=1S/C45H32N4/c1-3-9-34(10-4-1)42-29-43(48-45(47-42)36-11-5-2-6-12-36)35-19-15-31(16-20-35)37-21-17-33-18-22-38(28-39(33)27-37)32-23-25-40(26-24-32)49-30-46-41-13-7-8-14-44(41)49/h1-6,8-12,14-30H,7,13H2. The Bertz CT molecular complexity index is 2400. The second-order valence-electron chi connectivity index (χ2n) is 12.5. The molecule has 0 bridgehead atoms. The van der Waals surface area contributed by atoms with Crippen LogP contribution in [0.2, 0.25) is 0 Å². The van der Waals surface area contributed by atoms with Gasteiger partial charge in [-0.1, -0.05) is 127 Å². The van der Waals surface area contributed by atoms with Crippen LogP contribution in [0.15, 0.2) is 164 Å². The average Bonchev–Trinajstić information content (AvgIpc) is 3.62. The maximum atomic E-state index is 5.00. The van der Waals surface area contributed by atoms with Crippen molar-refractivity contribution < 1.29 is 0 Å². The van der Waals surface area contributed by atoms with Crippen molar-refractivity contribution in [3.8, 4) is 61.8 Å². The van der Waals surface area contributed by atoms with E-state index < -0.39 is 0 Å². The SMILES string of the molecule is C1=Cc2c(ncn2-c2ccc(-c3ccc4ccc(-c5ccc(-c6cc(-c7ccccc7)nc(-c7ccccc7)n6)cc5)cc4c3)cc2)CC1. The molecule has 1 aliphatic carbocycles. The minimum atomic E-state index is 0.721. The van der Waals surface area contributed by atoms with Crippen molar-refractivity contribution in [1.82, 2.24) is 19.5 Å². The largest absolute Gasteiger partial charge is 0.299 e. The van der Waals surface area contributed by atoms with E-state index in [4.69, 9.17) is 9.97 Å². The summed E-state index contributed by atoms with van der Waals surface area (Å²) in [7, 11) is 0. The Morgan fingerprint density at radius 1 is 0.469 bits per heavy atom. The van der Waals surface area contributed by atoms with E-state index in [0.717, 1.165) is 52.4 Å². The second kappa shape index (κ2) is 12.3. The molecule has 232 valence electrons. The number of imidazole rings is 1. The van der Waals surface area contributed by atoms with Gasteiger partial charge in [-0.3, -0.25) is 4.57 Å². The predicted octanol–water partition coefficient (Wildman–Crippen LogP) is 11.1. The summed E-state index contributed by atoms with van der Waals surface area (Å²) < 4.78 is 2.18. The molecule has 0 N–H and O–H groups in total. The topological polar surface area (TPSA) is 43.6 Å². The molecule has 0 saturated heterocycles. The van der Waals surface area contributed by atoms with Crippen LogP contribution in [0.1, 0.15) is 17.8 Å². The first-order chi connectivity index (χ1) is 24.2. The van der Waals surface area contributed by atoms with Gasteiger partial charge in [-0.2, -0.15) is 0 Å². The molecular formula is C45H32N4. The van der Waals surface area contributed by atoms with Gasteiger partial charge in [0.2, 0.25) is 0 Å². The lowest BCUT2D eigenvalue weighted by atomic mass is 9.96. The summed E-state index contributed by atoms with van der Waals surface area (Å²) in [6, 6.07) is 53.5. The Balaban J connectivity index is 1.01. The minimum absolute atomic E-state index is 0.721. The number of aromatic nitrogens is 4. The van der Waals surface area contributed by atoms with Crippen LogP contribution in [0.4, 0.5) is 0 Å². The van der Waals surface area contributed by atoms with Gasteiger partial charge in [-0.15, -0.1) is 0 Å². The molecule has 49 heavy (non-hydrogen) atoms. The molecule has 0 radical (unpaired) electrons. The Hall–Kier alpha value is -6.39. The minimum Gasteiger partial charge on any atom is -0.299 e. The van der Waals surface area contributed by atoms with Gasteiger partial charge < -0.3 is 0 Å². The average molecular weight is 629 g/mol. The van der Waals surface area contributed by atoms with Crippen molar-refractivity contribution in [1.29, 1.82) is 0 Å². The van der Waals surface area contributed by atoms with E-state index >= 15 is 0 Å². The molecule has 0 atom stereocenters. The van der Waals surface area contributed by atoms with E-state index in [-0.39, 0.29) is 0 Å². The molecule has 9 rings (SSSR count). The number of hydrogen-bond donors (Lipinski definition) is 0. The molecule has 1 aliphatic rings.